The van der Waals surface area contributed by atoms with Crippen LogP contribution in [0.4, 0.5) is 0 Å². The maximum atomic E-state index is 12.7. The van der Waals surface area contributed by atoms with Crippen LogP contribution in [-0.4, -0.2) is 44.0 Å². The number of nitrogens with zero attached hydrogens (tertiary/aromatic N) is 5. The smallest absolute Gasteiger partial charge is 0.265 e. The average Bonchev–Trinajstić information content (AvgIpc) is 3.37. The Bertz CT molecular complexity index is 961. The lowest BCUT2D eigenvalue weighted by Gasteiger charge is -2.16. The molecule has 1 atom stereocenters. The minimum atomic E-state index is 0.0857. The van der Waals surface area contributed by atoms with Gasteiger partial charge in [0, 0.05) is 25.5 Å². The predicted molar refractivity (Wildman–Crippen MR) is 102 cm³/mol. The Kier molecular flexibility index (Phi) is 4.73. The topological polar surface area (TPSA) is 85.0 Å². The van der Waals surface area contributed by atoms with Crippen LogP contribution in [0.15, 0.2) is 22.4 Å². The SMILES string of the molecule is Cc1ncsc1C(=O)N1CC[C@H](Cc2nccnc2-c2c(C)noc2C)C1. The molecule has 1 amide bonds. The van der Waals surface area contributed by atoms with E-state index in [2.05, 4.69) is 20.1 Å². The van der Waals surface area contributed by atoms with Gasteiger partial charge in [-0.25, -0.2) is 4.98 Å². The van der Waals surface area contributed by atoms with E-state index in [-0.39, 0.29) is 5.91 Å². The highest BCUT2D eigenvalue weighted by molar-refractivity contribution is 7.11. The summed E-state index contributed by atoms with van der Waals surface area (Å²) in [5, 5.41) is 4.04. The van der Waals surface area contributed by atoms with Crippen LogP contribution in [-0.2, 0) is 6.42 Å². The molecular formula is C19H21N5O2S. The maximum absolute atomic E-state index is 12.7. The van der Waals surface area contributed by atoms with Crippen LogP contribution in [0.2, 0.25) is 0 Å². The zero-order valence-electron chi connectivity index (χ0n) is 15.6. The van der Waals surface area contributed by atoms with Crippen LogP contribution in [0.1, 0.15) is 38.9 Å². The van der Waals surface area contributed by atoms with Gasteiger partial charge in [0.15, 0.2) is 0 Å². The Hall–Kier alpha value is -2.61. The number of carbonyl (C=O) groups excluding carboxylic acids is 1. The maximum Gasteiger partial charge on any atom is 0.265 e. The van der Waals surface area contributed by atoms with Crippen LogP contribution in [0.3, 0.4) is 0 Å². The fourth-order valence-electron chi connectivity index (χ4n) is 3.65. The van der Waals surface area contributed by atoms with Gasteiger partial charge < -0.3 is 9.42 Å². The van der Waals surface area contributed by atoms with Gasteiger partial charge in [-0.3, -0.25) is 14.8 Å². The van der Waals surface area contributed by atoms with E-state index in [9.17, 15) is 4.79 Å². The molecule has 4 rings (SSSR count). The van der Waals surface area contributed by atoms with Crippen LogP contribution in [0.5, 0.6) is 0 Å². The van der Waals surface area contributed by atoms with Gasteiger partial charge in [0.05, 0.1) is 33.8 Å². The van der Waals surface area contributed by atoms with Crippen molar-refractivity contribution in [3.05, 3.63) is 45.6 Å². The van der Waals surface area contributed by atoms with Gasteiger partial charge in [-0.1, -0.05) is 5.16 Å². The Morgan fingerprint density at radius 2 is 2.04 bits per heavy atom. The first-order valence-electron chi connectivity index (χ1n) is 8.97. The second-order valence-corrected chi connectivity index (χ2v) is 7.78. The molecule has 3 aromatic heterocycles. The Morgan fingerprint density at radius 1 is 1.22 bits per heavy atom. The minimum absolute atomic E-state index is 0.0857. The number of hydrogen-bond donors (Lipinski definition) is 0. The van der Waals surface area contributed by atoms with Crippen LogP contribution in [0, 0.1) is 26.7 Å². The summed E-state index contributed by atoms with van der Waals surface area (Å²) in [6.45, 7) is 7.18. The molecule has 1 aliphatic heterocycles. The molecule has 7 nitrogen and oxygen atoms in total. The third kappa shape index (κ3) is 3.37. The predicted octanol–water partition coefficient (Wildman–Crippen LogP) is 3.22. The molecule has 0 spiro atoms. The molecule has 0 aliphatic carbocycles. The summed E-state index contributed by atoms with van der Waals surface area (Å²) in [6.07, 6.45) is 5.15. The van der Waals surface area contributed by atoms with E-state index in [4.69, 9.17) is 4.52 Å². The van der Waals surface area contributed by atoms with Crippen LogP contribution in [0.25, 0.3) is 11.3 Å². The van der Waals surface area contributed by atoms with Crippen LogP contribution < -0.4 is 0 Å². The lowest BCUT2D eigenvalue weighted by molar-refractivity contribution is 0.0791. The zero-order valence-corrected chi connectivity index (χ0v) is 16.4. The zero-order chi connectivity index (χ0) is 19.0. The van der Waals surface area contributed by atoms with Crippen molar-refractivity contribution in [3.63, 3.8) is 0 Å². The number of amides is 1. The van der Waals surface area contributed by atoms with Gasteiger partial charge in [0.25, 0.3) is 5.91 Å². The van der Waals surface area contributed by atoms with E-state index in [1.165, 1.54) is 11.3 Å². The van der Waals surface area contributed by atoms with Crippen LogP contribution >= 0.6 is 11.3 Å². The van der Waals surface area contributed by atoms with E-state index in [1.54, 1.807) is 17.9 Å². The van der Waals surface area contributed by atoms with Gasteiger partial charge in [-0.05, 0) is 39.5 Å². The highest BCUT2D eigenvalue weighted by atomic mass is 32.1. The van der Waals surface area contributed by atoms with E-state index in [0.717, 1.165) is 64.9 Å². The third-order valence-corrected chi connectivity index (χ3v) is 5.96. The molecule has 0 bridgehead atoms. The summed E-state index contributed by atoms with van der Waals surface area (Å²) in [4.78, 5) is 28.7. The molecule has 8 heteroatoms. The van der Waals surface area contributed by atoms with Crippen molar-refractivity contribution < 1.29 is 9.32 Å². The van der Waals surface area contributed by atoms with E-state index in [1.807, 2.05) is 25.7 Å². The standard InChI is InChI=1S/C19H21N5O2S/c1-11-16(13(3)26-23-11)17-15(20-5-6-21-17)8-14-4-7-24(9-14)19(25)18-12(2)22-10-27-18/h5-6,10,14H,4,7-9H2,1-3H3/t14-/m1/s1. The van der Waals surface area contributed by atoms with Crippen molar-refractivity contribution in [2.45, 2.75) is 33.6 Å². The van der Waals surface area contributed by atoms with Gasteiger partial charge in [0.2, 0.25) is 0 Å². The van der Waals surface area contributed by atoms with E-state index >= 15 is 0 Å². The molecule has 27 heavy (non-hydrogen) atoms. The summed E-state index contributed by atoms with van der Waals surface area (Å²) in [6, 6.07) is 0. The molecule has 0 saturated carbocycles. The lowest BCUT2D eigenvalue weighted by Crippen LogP contribution is -2.28. The Morgan fingerprint density at radius 3 is 2.74 bits per heavy atom. The summed E-state index contributed by atoms with van der Waals surface area (Å²) >= 11 is 1.41. The van der Waals surface area contributed by atoms with Crippen molar-refractivity contribution in [2.24, 2.45) is 5.92 Å². The number of thiazole rings is 1. The number of carbonyl (C=O) groups is 1. The van der Waals surface area contributed by atoms with Gasteiger partial charge in [0.1, 0.15) is 10.6 Å². The van der Waals surface area contributed by atoms with Crippen molar-refractivity contribution in [3.8, 4) is 11.3 Å². The quantitative estimate of drug-likeness (QED) is 0.688. The van der Waals surface area contributed by atoms with E-state index in [0.29, 0.717) is 5.92 Å². The van der Waals surface area contributed by atoms with Crippen molar-refractivity contribution >= 4 is 17.2 Å². The second-order valence-electron chi connectivity index (χ2n) is 6.93. The number of hydrogen-bond acceptors (Lipinski definition) is 7. The molecule has 0 aromatic carbocycles. The Balaban J connectivity index is 1.52. The fraction of sp³-hybridized carbons (Fsp3) is 0.421. The molecular weight excluding hydrogens is 362 g/mol. The number of aryl methyl sites for hydroxylation is 3. The first kappa shape index (κ1) is 17.8. The molecule has 1 saturated heterocycles. The summed E-state index contributed by atoms with van der Waals surface area (Å²) in [7, 11) is 0. The van der Waals surface area contributed by atoms with E-state index < -0.39 is 0 Å². The molecule has 1 aliphatic rings. The highest BCUT2D eigenvalue weighted by Crippen LogP contribution is 2.30. The first-order chi connectivity index (χ1) is 13.0. The highest BCUT2D eigenvalue weighted by Gasteiger charge is 2.30. The van der Waals surface area contributed by atoms with Gasteiger partial charge >= 0.3 is 0 Å². The van der Waals surface area contributed by atoms with Crippen molar-refractivity contribution in [1.29, 1.82) is 0 Å². The number of rotatable bonds is 4. The fourth-order valence-corrected chi connectivity index (χ4v) is 4.42. The van der Waals surface area contributed by atoms with Gasteiger partial charge in [-0.15, -0.1) is 11.3 Å². The first-order valence-corrected chi connectivity index (χ1v) is 9.85. The minimum Gasteiger partial charge on any atom is -0.361 e. The molecule has 140 valence electrons. The summed E-state index contributed by atoms with van der Waals surface area (Å²) < 4.78 is 5.30. The Labute approximate surface area is 161 Å². The van der Waals surface area contributed by atoms with Gasteiger partial charge in [-0.2, -0.15) is 0 Å². The summed E-state index contributed by atoms with van der Waals surface area (Å²) in [5.41, 5.74) is 6.04. The van der Waals surface area contributed by atoms with Crippen molar-refractivity contribution in [2.75, 3.05) is 13.1 Å². The molecule has 1 fully saturated rings. The second kappa shape index (κ2) is 7.19. The largest absolute Gasteiger partial charge is 0.361 e. The van der Waals surface area contributed by atoms with Crippen molar-refractivity contribution in [1.82, 2.24) is 25.0 Å². The molecule has 3 aromatic rings. The summed E-state index contributed by atoms with van der Waals surface area (Å²) in [5.74, 6) is 1.19. The molecule has 4 heterocycles. The third-order valence-electron chi connectivity index (χ3n) is 5.04. The monoisotopic (exact) mass is 383 g/mol. The lowest BCUT2D eigenvalue weighted by atomic mass is 9.98. The average molecular weight is 383 g/mol. The number of likely N-dealkylation sites (tertiary alicyclic amines) is 1. The molecule has 0 N–H and O–H groups in total. The normalized spacial score (nSPS) is 16.9. The molecule has 0 unspecified atom stereocenters. The number of aromatic nitrogens is 4. The molecule has 0 radical (unpaired) electrons.